The largest absolute Gasteiger partial charge is 0.443 e. The Kier molecular flexibility index (Phi) is 4.32. The Hall–Kier alpha value is -0.880. The lowest BCUT2D eigenvalue weighted by Gasteiger charge is -2.31. The molecule has 7 heteroatoms. The average molecular weight is 329 g/mol. The fourth-order valence-electron chi connectivity index (χ4n) is 1.52. The highest BCUT2D eigenvalue weighted by Gasteiger charge is 2.46. The third-order valence-corrected chi connectivity index (χ3v) is 2.76. The van der Waals surface area contributed by atoms with Crippen LogP contribution in [0.1, 0.15) is 11.6 Å². The van der Waals surface area contributed by atoms with Crippen LogP contribution < -0.4 is 5.32 Å². The molecule has 2 rings (SSSR count). The van der Waals surface area contributed by atoms with Gasteiger partial charge in [0, 0.05) is 4.47 Å². The van der Waals surface area contributed by atoms with E-state index >= 15 is 0 Å². The van der Waals surface area contributed by atoms with Crippen molar-refractivity contribution in [3.8, 4) is 0 Å². The highest BCUT2D eigenvalue weighted by Crippen LogP contribution is 2.35. The maximum absolute atomic E-state index is 13.5. The van der Waals surface area contributed by atoms with Crippen molar-refractivity contribution < 1.29 is 18.3 Å². The minimum absolute atomic E-state index is 0. The first kappa shape index (κ1) is 14.2. The molecule has 1 aromatic rings. The molecular formula is C10H9BrClF2NO2. The molecule has 3 nitrogen and oxygen atoms in total. The number of cyclic esters (lactones) is 1. The lowest BCUT2D eigenvalue weighted by atomic mass is 10.0. The molecule has 1 aromatic carbocycles. The molecule has 0 aliphatic carbocycles. The predicted molar refractivity (Wildman–Crippen MR) is 63.6 cm³/mol. The number of alkyl halides is 2. The van der Waals surface area contributed by atoms with Crippen molar-refractivity contribution in [1.29, 1.82) is 0 Å². The maximum atomic E-state index is 13.5. The Balaban J connectivity index is 0.00000144. The van der Waals surface area contributed by atoms with Gasteiger partial charge < -0.3 is 10.1 Å². The number of carbonyl (C=O) groups excluding carboxylic acids is 1. The quantitative estimate of drug-likeness (QED) is 0.859. The van der Waals surface area contributed by atoms with Crippen molar-refractivity contribution in [3.63, 3.8) is 0 Å². The summed E-state index contributed by atoms with van der Waals surface area (Å²) >= 11 is 3.19. The van der Waals surface area contributed by atoms with Gasteiger partial charge in [0.1, 0.15) is 6.04 Å². The summed E-state index contributed by atoms with van der Waals surface area (Å²) in [5.74, 6) is -3.10. The van der Waals surface area contributed by atoms with Crippen LogP contribution >= 0.6 is 28.3 Å². The molecule has 0 radical (unpaired) electrons. The second-order valence-corrected chi connectivity index (χ2v) is 4.39. The number of halogens is 4. The zero-order valence-corrected chi connectivity index (χ0v) is 10.9. The van der Waals surface area contributed by atoms with Crippen molar-refractivity contribution in [3.05, 3.63) is 34.3 Å². The molecule has 1 fully saturated rings. The van der Waals surface area contributed by atoms with Crippen LogP contribution in [0.15, 0.2) is 28.7 Å². The monoisotopic (exact) mass is 327 g/mol. The van der Waals surface area contributed by atoms with E-state index in [9.17, 15) is 13.6 Å². The molecule has 1 aliphatic heterocycles. The van der Waals surface area contributed by atoms with Crippen LogP contribution in [0.5, 0.6) is 0 Å². The zero-order valence-electron chi connectivity index (χ0n) is 8.45. The minimum Gasteiger partial charge on any atom is -0.443 e. The minimum atomic E-state index is -3.10. The maximum Gasteiger partial charge on any atom is 0.408 e. The fraction of sp³-hybridized carbons (Fsp3) is 0.300. The van der Waals surface area contributed by atoms with Gasteiger partial charge in [-0.3, -0.25) is 0 Å². The van der Waals surface area contributed by atoms with Crippen LogP contribution in [0, 0.1) is 0 Å². The van der Waals surface area contributed by atoms with Crippen LogP contribution in [-0.4, -0.2) is 18.6 Å². The van der Waals surface area contributed by atoms with Crippen molar-refractivity contribution >= 4 is 34.4 Å². The highest BCUT2D eigenvalue weighted by molar-refractivity contribution is 9.10. The summed E-state index contributed by atoms with van der Waals surface area (Å²) in [6.07, 6.45) is -0.823. The highest BCUT2D eigenvalue weighted by atomic mass is 79.9. The summed E-state index contributed by atoms with van der Waals surface area (Å²) in [4.78, 5) is 10.9. The van der Waals surface area contributed by atoms with Crippen LogP contribution in [0.25, 0.3) is 0 Å². The van der Waals surface area contributed by atoms with Gasteiger partial charge in [0.05, 0.1) is 0 Å². The molecule has 0 aromatic heterocycles. The number of hydrogen-bond acceptors (Lipinski definition) is 2. The molecule has 94 valence electrons. The molecule has 0 unspecified atom stereocenters. The summed E-state index contributed by atoms with van der Waals surface area (Å²) in [5.41, 5.74) is 0.344. The van der Waals surface area contributed by atoms with E-state index in [4.69, 9.17) is 0 Å². The SMILES string of the molecule is Cl.O=C1N[C@H](c2cccc(Br)c2)C(F)(F)CO1. The van der Waals surface area contributed by atoms with Gasteiger partial charge in [-0.05, 0) is 17.7 Å². The van der Waals surface area contributed by atoms with Crippen LogP contribution in [0.2, 0.25) is 0 Å². The first-order chi connectivity index (χ1) is 7.49. The third kappa shape index (κ3) is 3.07. The average Bonchev–Trinajstić information content (AvgIpc) is 2.22. The van der Waals surface area contributed by atoms with E-state index in [-0.39, 0.29) is 12.4 Å². The molecule has 17 heavy (non-hydrogen) atoms. The third-order valence-electron chi connectivity index (χ3n) is 2.26. The van der Waals surface area contributed by atoms with E-state index < -0.39 is 24.7 Å². The number of nitrogens with one attached hydrogen (secondary N) is 1. The number of amides is 1. The lowest BCUT2D eigenvalue weighted by molar-refractivity contribution is -0.104. The van der Waals surface area contributed by atoms with Gasteiger partial charge in [0.2, 0.25) is 0 Å². The molecule has 1 heterocycles. The van der Waals surface area contributed by atoms with Crippen molar-refractivity contribution in [1.82, 2.24) is 5.32 Å². The second-order valence-electron chi connectivity index (χ2n) is 3.47. The van der Waals surface area contributed by atoms with Gasteiger partial charge in [-0.25, -0.2) is 13.6 Å². The molecule has 0 saturated carbocycles. The zero-order chi connectivity index (χ0) is 11.8. The smallest absolute Gasteiger partial charge is 0.408 e. The number of benzene rings is 1. The van der Waals surface area contributed by atoms with E-state index in [2.05, 4.69) is 26.0 Å². The number of hydrogen-bond donors (Lipinski definition) is 1. The predicted octanol–water partition coefficient (Wildman–Crippen LogP) is 3.29. The molecule has 1 atom stereocenters. The molecular weight excluding hydrogens is 319 g/mol. The second kappa shape index (κ2) is 5.18. The summed E-state index contributed by atoms with van der Waals surface area (Å²) < 4.78 is 32.0. The van der Waals surface area contributed by atoms with Gasteiger partial charge >= 0.3 is 12.0 Å². The number of alkyl carbamates (subject to hydrolysis) is 1. The normalized spacial score (nSPS) is 22.1. The van der Waals surface area contributed by atoms with Gasteiger partial charge in [-0.15, -0.1) is 12.4 Å². The summed E-state index contributed by atoms with van der Waals surface area (Å²) in [6, 6.07) is 5.10. The molecule has 0 bridgehead atoms. The lowest BCUT2D eigenvalue weighted by Crippen LogP contribution is -2.49. The van der Waals surface area contributed by atoms with E-state index in [0.717, 1.165) is 0 Å². The van der Waals surface area contributed by atoms with E-state index in [1.165, 1.54) is 6.07 Å². The number of carbonyl (C=O) groups is 1. The standard InChI is InChI=1S/C10H8BrF2NO2.ClH/c11-7-3-1-2-6(4-7)8-10(12,13)5-16-9(15)14-8;/h1-4,8H,5H2,(H,14,15);1H/t8-;/m1./s1. The summed E-state index contributed by atoms with van der Waals surface area (Å²) in [7, 11) is 0. The van der Waals surface area contributed by atoms with Crippen LogP contribution in [-0.2, 0) is 4.74 Å². The summed E-state index contributed by atoms with van der Waals surface area (Å²) in [5, 5.41) is 2.12. The molecule has 1 saturated heterocycles. The first-order valence-corrected chi connectivity index (χ1v) is 5.35. The Bertz CT molecular complexity index is 431. The van der Waals surface area contributed by atoms with Crippen molar-refractivity contribution in [2.45, 2.75) is 12.0 Å². The molecule has 1 aliphatic rings. The molecule has 1 N–H and O–H groups in total. The Morgan fingerprint density at radius 1 is 1.47 bits per heavy atom. The van der Waals surface area contributed by atoms with E-state index in [1.54, 1.807) is 18.2 Å². The van der Waals surface area contributed by atoms with E-state index in [0.29, 0.717) is 10.0 Å². The van der Waals surface area contributed by atoms with Crippen molar-refractivity contribution in [2.75, 3.05) is 6.61 Å². The van der Waals surface area contributed by atoms with Gasteiger partial charge in [0.15, 0.2) is 6.61 Å². The van der Waals surface area contributed by atoms with Gasteiger partial charge in [-0.1, -0.05) is 28.1 Å². The summed E-state index contributed by atoms with van der Waals surface area (Å²) in [6.45, 7) is -0.893. The molecule has 1 amide bonds. The first-order valence-electron chi connectivity index (χ1n) is 4.55. The Labute approximate surface area is 111 Å². The van der Waals surface area contributed by atoms with Crippen molar-refractivity contribution in [2.24, 2.45) is 0 Å². The van der Waals surface area contributed by atoms with Gasteiger partial charge in [0.25, 0.3) is 0 Å². The van der Waals surface area contributed by atoms with Gasteiger partial charge in [-0.2, -0.15) is 0 Å². The van der Waals surface area contributed by atoms with E-state index in [1.807, 2.05) is 0 Å². The van der Waals surface area contributed by atoms with Crippen LogP contribution in [0.4, 0.5) is 13.6 Å². The van der Waals surface area contributed by atoms with Crippen LogP contribution in [0.3, 0.4) is 0 Å². The molecule has 0 spiro atoms. The number of ether oxygens (including phenoxy) is 1. The fourth-order valence-corrected chi connectivity index (χ4v) is 1.94. The Morgan fingerprint density at radius 2 is 2.18 bits per heavy atom. The topological polar surface area (TPSA) is 38.3 Å². The Morgan fingerprint density at radius 3 is 2.82 bits per heavy atom. The number of rotatable bonds is 1.